The number of rotatable bonds is 5. The van der Waals surface area contributed by atoms with Gasteiger partial charge in [-0.05, 0) is 64.1 Å². The summed E-state index contributed by atoms with van der Waals surface area (Å²) in [5.74, 6) is 1.74. The van der Waals surface area contributed by atoms with Gasteiger partial charge in [0.1, 0.15) is 5.76 Å². The van der Waals surface area contributed by atoms with Gasteiger partial charge in [-0.15, -0.1) is 0 Å². The van der Waals surface area contributed by atoms with Crippen molar-refractivity contribution in [2.45, 2.75) is 39.8 Å². The quantitative estimate of drug-likeness (QED) is 0.411. The molecule has 0 spiro atoms. The molecule has 0 saturated carbocycles. The molecule has 0 atom stereocenters. The third-order valence-electron chi connectivity index (χ3n) is 4.34. The van der Waals surface area contributed by atoms with Crippen LogP contribution in [0.3, 0.4) is 0 Å². The lowest BCUT2D eigenvalue weighted by atomic mass is 10.1. The molecule has 3 aromatic rings. The average Bonchev–Trinajstić information content (AvgIpc) is 3.00. The summed E-state index contributed by atoms with van der Waals surface area (Å²) in [5, 5.41) is 0.722. The zero-order valence-electron chi connectivity index (χ0n) is 15.5. The normalized spacial score (nSPS) is 11.4. The zero-order chi connectivity index (χ0) is 18.8. The topological polar surface area (TPSA) is 16.4 Å². The molecule has 136 valence electrons. The van der Waals surface area contributed by atoms with Crippen LogP contribution in [0.4, 0.5) is 5.69 Å². The molecule has 0 amide bonds. The number of hydrogen-bond acceptors (Lipinski definition) is 2. The molecule has 1 aromatic heterocycles. The Morgan fingerprint density at radius 3 is 1.92 bits per heavy atom. The Labute approximate surface area is 168 Å². The van der Waals surface area contributed by atoms with Crippen molar-refractivity contribution < 1.29 is 4.42 Å². The maximum absolute atomic E-state index is 6.35. The van der Waals surface area contributed by atoms with Crippen LogP contribution in [0.2, 0.25) is 5.02 Å². The standard InChI is InChI=1S/C22H23BrClNO/c1-14(2)25(15(3)4)20-13-21(16-7-11-19(24)12-8-16)26-22(20)17-5-9-18(23)10-6-17/h5-15H,1-4H3. The highest BCUT2D eigenvalue weighted by atomic mass is 79.9. The van der Waals surface area contributed by atoms with Gasteiger partial charge < -0.3 is 9.32 Å². The summed E-state index contributed by atoms with van der Waals surface area (Å²) in [7, 11) is 0. The number of hydrogen-bond donors (Lipinski definition) is 0. The summed E-state index contributed by atoms with van der Waals surface area (Å²) in [6, 6.07) is 18.9. The van der Waals surface area contributed by atoms with Gasteiger partial charge in [0, 0.05) is 38.8 Å². The fourth-order valence-corrected chi connectivity index (χ4v) is 3.68. The maximum Gasteiger partial charge on any atom is 0.158 e. The van der Waals surface area contributed by atoms with Crippen LogP contribution in [0.1, 0.15) is 27.7 Å². The monoisotopic (exact) mass is 431 g/mol. The van der Waals surface area contributed by atoms with E-state index in [0.29, 0.717) is 12.1 Å². The summed E-state index contributed by atoms with van der Waals surface area (Å²) < 4.78 is 7.40. The van der Waals surface area contributed by atoms with Gasteiger partial charge in [-0.2, -0.15) is 0 Å². The highest BCUT2D eigenvalue weighted by molar-refractivity contribution is 9.10. The van der Waals surface area contributed by atoms with E-state index in [9.17, 15) is 0 Å². The molecule has 0 bridgehead atoms. The maximum atomic E-state index is 6.35. The third kappa shape index (κ3) is 3.99. The number of halogens is 2. The zero-order valence-corrected chi connectivity index (χ0v) is 17.8. The van der Waals surface area contributed by atoms with Gasteiger partial charge in [0.25, 0.3) is 0 Å². The lowest BCUT2D eigenvalue weighted by molar-refractivity contribution is 0.580. The van der Waals surface area contributed by atoms with Crippen molar-refractivity contribution in [3.8, 4) is 22.6 Å². The van der Waals surface area contributed by atoms with E-state index in [1.807, 2.05) is 36.4 Å². The molecule has 3 rings (SSSR count). The van der Waals surface area contributed by atoms with Gasteiger partial charge in [0.15, 0.2) is 5.76 Å². The van der Waals surface area contributed by atoms with E-state index >= 15 is 0 Å². The van der Waals surface area contributed by atoms with Crippen molar-refractivity contribution in [2.75, 3.05) is 4.90 Å². The van der Waals surface area contributed by atoms with Crippen molar-refractivity contribution in [2.24, 2.45) is 0 Å². The van der Waals surface area contributed by atoms with Crippen molar-refractivity contribution in [3.63, 3.8) is 0 Å². The molecule has 1 heterocycles. The Bertz CT molecular complexity index is 858. The predicted octanol–water partition coefficient (Wildman–Crippen LogP) is 7.65. The van der Waals surface area contributed by atoms with Gasteiger partial charge in [0.2, 0.25) is 0 Å². The van der Waals surface area contributed by atoms with Gasteiger partial charge in [-0.3, -0.25) is 0 Å². The van der Waals surface area contributed by atoms with E-state index < -0.39 is 0 Å². The molecule has 4 heteroatoms. The van der Waals surface area contributed by atoms with Crippen molar-refractivity contribution in [3.05, 3.63) is 64.1 Å². The van der Waals surface area contributed by atoms with Gasteiger partial charge >= 0.3 is 0 Å². The molecule has 0 aliphatic carbocycles. The minimum Gasteiger partial charge on any atom is -0.454 e. The summed E-state index contributed by atoms with van der Waals surface area (Å²) in [6.07, 6.45) is 0. The molecular weight excluding hydrogens is 410 g/mol. The number of anilines is 1. The van der Waals surface area contributed by atoms with Crippen LogP contribution in [0.5, 0.6) is 0 Å². The number of furan rings is 1. The Morgan fingerprint density at radius 1 is 0.846 bits per heavy atom. The fourth-order valence-electron chi connectivity index (χ4n) is 3.29. The second kappa shape index (κ2) is 7.89. The molecule has 26 heavy (non-hydrogen) atoms. The highest BCUT2D eigenvalue weighted by Gasteiger charge is 2.23. The highest BCUT2D eigenvalue weighted by Crippen LogP contribution is 2.40. The van der Waals surface area contributed by atoms with E-state index in [1.165, 1.54) is 0 Å². The minimum atomic E-state index is 0.361. The second-order valence-electron chi connectivity index (χ2n) is 6.93. The van der Waals surface area contributed by atoms with Crippen LogP contribution in [-0.2, 0) is 0 Å². The first-order valence-electron chi connectivity index (χ1n) is 8.81. The molecule has 0 fully saturated rings. The smallest absolute Gasteiger partial charge is 0.158 e. The first-order chi connectivity index (χ1) is 12.4. The Kier molecular flexibility index (Phi) is 5.79. The van der Waals surface area contributed by atoms with E-state index in [0.717, 1.165) is 37.8 Å². The average molecular weight is 433 g/mol. The van der Waals surface area contributed by atoms with Crippen LogP contribution in [0.25, 0.3) is 22.6 Å². The van der Waals surface area contributed by atoms with E-state index in [2.05, 4.69) is 66.7 Å². The molecule has 2 nitrogen and oxygen atoms in total. The summed E-state index contributed by atoms with van der Waals surface area (Å²) in [4.78, 5) is 2.39. The largest absolute Gasteiger partial charge is 0.454 e. The molecule has 0 radical (unpaired) electrons. The first-order valence-corrected chi connectivity index (χ1v) is 9.98. The molecule has 0 aliphatic heterocycles. The van der Waals surface area contributed by atoms with Crippen molar-refractivity contribution >= 4 is 33.2 Å². The van der Waals surface area contributed by atoms with Crippen LogP contribution in [0.15, 0.2) is 63.5 Å². The Morgan fingerprint density at radius 2 is 1.38 bits per heavy atom. The van der Waals surface area contributed by atoms with Crippen LogP contribution < -0.4 is 4.90 Å². The fraction of sp³-hybridized carbons (Fsp3) is 0.273. The lowest BCUT2D eigenvalue weighted by Gasteiger charge is -2.32. The molecule has 0 N–H and O–H groups in total. The van der Waals surface area contributed by atoms with Crippen LogP contribution in [-0.4, -0.2) is 12.1 Å². The molecular formula is C22H23BrClNO. The molecule has 0 aliphatic rings. The van der Waals surface area contributed by atoms with Gasteiger partial charge in [0.05, 0.1) is 5.69 Å². The van der Waals surface area contributed by atoms with Gasteiger partial charge in [-0.1, -0.05) is 39.7 Å². The van der Waals surface area contributed by atoms with Crippen molar-refractivity contribution in [1.82, 2.24) is 0 Å². The van der Waals surface area contributed by atoms with Crippen molar-refractivity contribution in [1.29, 1.82) is 0 Å². The van der Waals surface area contributed by atoms with Gasteiger partial charge in [-0.25, -0.2) is 0 Å². The Hall–Kier alpha value is -1.71. The van der Waals surface area contributed by atoms with Crippen LogP contribution in [0, 0.1) is 0 Å². The summed E-state index contributed by atoms with van der Waals surface area (Å²) in [6.45, 7) is 8.83. The third-order valence-corrected chi connectivity index (χ3v) is 5.12. The molecule has 2 aromatic carbocycles. The SMILES string of the molecule is CC(C)N(c1cc(-c2ccc(Cl)cc2)oc1-c1ccc(Br)cc1)C(C)C. The summed E-state index contributed by atoms with van der Waals surface area (Å²) >= 11 is 9.54. The number of nitrogens with zero attached hydrogens (tertiary/aromatic N) is 1. The molecule has 0 unspecified atom stereocenters. The van der Waals surface area contributed by atoms with E-state index in [4.69, 9.17) is 16.0 Å². The van der Waals surface area contributed by atoms with E-state index in [-0.39, 0.29) is 0 Å². The second-order valence-corrected chi connectivity index (χ2v) is 8.29. The Balaban J connectivity index is 2.16. The number of benzene rings is 2. The molecule has 0 saturated heterocycles. The predicted molar refractivity (Wildman–Crippen MR) is 115 cm³/mol. The minimum absolute atomic E-state index is 0.361. The van der Waals surface area contributed by atoms with Crippen LogP contribution >= 0.6 is 27.5 Å². The summed E-state index contributed by atoms with van der Waals surface area (Å²) in [5.41, 5.74) is 3.20. The van der Waals surface area contributed by atoms with E-state index in [1.54, 1.807) is 0 Å². The lowest BCUT2D eigenvalue weighted by Crippen LogP contribution is -2.37. The first kappa shape index (κ1) is 19.1.